The van der Waals surface area contributed by atoms with Crippen LogP contribution in [0.15, 0.2) is 23.2 Å². The molecule has 1 aromatic rings. The summed E-state index contributed by atoms with van der Waals surface area (Å²) in [5.74, 6) is -0.0999. The molecule has 0 saturated heterocycles. The first kappa shape index (κ1) is 18.9. The SMILES string of the molecule is CC(C)(C)OC(=O)NC1=N[C@@]2(c3cc(N)ccc3F)CC(F)C[C@H]2CS1. The number of rotatable bonds is 1. The summed E-state index contributed by atoms with van der Waals surface area (Å²) >= 11 is 1.32. The van der Waals surface area contributed by atoms with Crippen LogP contribution >= 0.6 is 11.8 Å². The van der Waals surface area contributed by atoms with Gasteiger partial charge in [0, 0.05) is 29.3 Å². The van der Waals surface area contributed by atoms with Crippen LogP contribution in [0.25, 0.3) is 0 Å². The normalized spacial score (nSPS) is 28.3. The molecular formula is C18H23F2N3O2S. The van der Waals surface area contributed by atoms with E-state index in [0.29, 0.717) is 23.0 Å². The molecule has 142 valence electrons. The van der Waals surface area contributed by atoms with Crippen molar-refractivity contribution in [2.24, 2.45) is 10.9 Å². The summed E-state index contributed by atoms with van der Waals surface area (Å²) in [6.07, 6.45) is -1.34. The highest BCUT2D eigenvalue weighted by Gasteiger charge is 2.52. The second-order valence-electron chi connectivity index (χ2n) is 7.75. The Morgan fingerprint density at radius 1 is 1.46 bits per heavy atom. The second-order valence-corrected chi connectivity index (χ2v) is 8.76. The van der Waals surface area contributed by atoms with E-state index in [-0.39, 0.29) is 17.9 Å². The number of benzene rings is 1. The Morgan fingerprint density at radius 3 is 2.88 bits per heavy atom. The molecule has 1 saturated carbocycles. The van der Waals surface area contributed by atoms with E-state index >= 15 is 0 Å². The van der Waals surface area contributed by atoms with E-state index in [9.17, 15) is 13.6 Å². The first-order valence-electron chi connectivity index (χ1n) is 8.51. The number of hydrogen-bond acceptors (Lipinski definition) is 5. The Hall–Kier alpha value is -1.83. The van der Waals surface area contributed by atoms with Gasteiger partial charge in [-0.1, -0.05) is 11.8 Å². The van der Waals surface area contributed by atoms with Crippen molar-refractivity contribution >= 4 is 28.7 Å². The number of alkyl carbamates (subject to hydrolysis) is 1. The standard InChI is InChI=1S/C18H23F2N3O2S/c1-17(2,3)25-16(24)22-15-23-18(8-11(19)6-10(18)9-26-15)13-7-12(21)4-5-14(13)20/h4-5,7,10-11H,6,8-9,21H2,1-3H3,(H,22,23,24)/t10-,11?,18-/m0/s1. The first-order chi connectivity index (χ1) is 12.1. The van der Waals surface area contributed by atoms with Gasteiger partial charge in [-0.15, -0.1) is 0 Å². The first-order valence-corrected chi connectivity index (χ1v) is 9.50. The number of fused-ring (bicyclic) bond motifs is 1. The number of nitrogens with two attached hydrogens (primary N) is 1. The second kappa shape index (κ2) is 6.72. The third-order valence-corrected chi connectivity index (χ3v) is 5.57. The third kappa shape index (κ3) is 3.79. The predicted octanol–water partition coefficient (Wildman–Crippen LogP) is 3.98. The monoisotopic (exact) mass is 383 g/mol. The number of ether oxygens (including phenoxy) is 1. The van der Waals surface area contributed by atoms with Crippen LogP contribution in [0, 0.1) is 11.7 Å². The van der Waals surface area contributed by atoms with Gasteiger partial charge in [0.25, 0.3) is 0 Å². The number of hydrogen-bond donors (Lipinski definition) is 2. The smallest absolute Gasteiger partial charge is 0.413 e. The molecule has 3 N–H and O–H groups in total. The molecule has 1 fully saturated rings. The molecule has 1 heterocycles. The van der Waals surface area contributed by atoms with Gasteiger partial charge in [0.15, 0.2) is 5.17 Å². The maximum Gasteiger partial charge on any atom is 0.413 e. The zero-order valence-electron chi connectivity index (χ0n) is 15.0. The summed E-state index contributed by atoms with van der Waals surface area (Å²) in [5, 5.41) is 2.92. The van der Waals surface area contributed by atoms with Crippen molar-refractivity contribution < 1.29 is 18.3 Å². The molecule has 1 aromatic carbocycles. The van der Waals surface area contributed by atoms with Gasteiger partial charge in [-0.2, -0.15) is 0 Å². The van der Waals surface area contributed by atoms with E-state index < -0.39 is 29.2 Å². The van der Waals surface area contributed by atoms with E-state index in [0.717, 1.165) is 0 Å². The minimum atomic E-state index is -1.08. The van der Waals surface area contributed by atoms with E-state index in [1.165, 1.54) is 30.0 Å². The van der Waals surface area contributed by atoms with Crippen molar-refractivity contribution in [3.8, 4) is 0 Å². The van der Waals surface area contributed by atoms with Gasteiger partial charge < -0.3 is 10.5 Å². The van der Waals surface area contributed by atoms with Gasteiger partial charge >= 0.3 is 6.09 Å². The summed E-state index contributed by atoms with van der Waals surface area (Å²) in [4.78, 5) is 16.6. The maximum atomic E-state index is 14.6. The zero-order chi connectivity index (χ0) is 19.1. The third-order valence-electron chi connectivity index (χ3n) is 4.54. The van der Waals surface area contributed by atoms with Gasteiger partial charge in [-0.3, -0.25) is 10.3 Å². The van der Waals surface area contributed by atoms with Crippen molar-refractivity contribution in [2.45, 2.75) is 50.9 Å². The minimum absolute atomic E-state index is 0.0676. The van der Waals surface area contributed by atoms with Crippen molar-refractivity contribution in [3.05, 3.63) is 29.6 Å². The fraction of sp³-hybridized carbons (Fsp3) is 0.556. The average molecular weight is 383 g/mol. The minimum Gasteiger partial charge on any atom is -0.444 e. The van der Waals surface area contributed by atoms with E-state index in [2.05, 4.69) is 10.3 Å². The molecule has 3 rings (SSSR count). The number of carbonyl (C=O) groups excluding carboxylic acids is 1. The van der Waals surface area contributed by atoms with Crippen molar-refractivity contribution in [2.75, 3.05) is 11.5 Å². The van der Waals surface area contributed by atoms with Gasteiger partial charge in [0.05, 0.1) is 5.54 Å². The fourth-order valence-corrected chi connectivity index (χ4v) is 4.70. The molecule has 1 aliphatic carbocycles. The van der Waals surface area contributed by atoms with E-state index in [1.54, 1.807) is 20.8 Å². The summed E-state index contributed by atoms with van der Waals surface area (Å²) in [7, 11) is 0. The van der Waals surface area contributed by atoms with E-state index in [4.69, 9.17) is 10.5 Å². The summed E-state index contributed by atoms with van der Waals surface area (Å²) in [6.45, 7) is 5.27. The topological polar surface area (TPSA) is 76.7 Å². The van der Waals surface area contributed by atoms with Crippen LogP contribution in [0.1, 0.15) is 39.2 Å². The number of nitrogen functional groups attached to an aromatic ring is 1. The van der Waals surface area contributed by atoms with Gasteiger partial charge in [0.1, 0.15) is 17.6 Å². The number of aliphatic imine (C=N–C) groups is 1. The number of amidine groups is 1. The summed E-state index contributed by atoms with van der Waals surface area (Å²) in [5.41, 5.74) is 4.80. The molecule has 1 unspecified atom stereocenters. The number of carbonyl (C=O) groups is 1. The Kier molecular flexibility index (Phi) is 4.90. The highest BCUT2D eigenvalue weighted by atomic mass is 32.2. The molecule has 0 radical (unpaired) electrons. The molecule has 0 bridgehead atoms. The zero-order valence-corrected chi connectivity index (χ0v) is 15.8. The molecule has 1 amide bonds. The molecule has 2 aliphatic rings. The molecule has 3 atom stereocenters. The molecular weight excluding hydrogens is 360 g/mol. The average Bonchev–Trinajstić information content (AvgIpc) is 2.83. The summed E-state index contributed by atoms with van der Waals surface area (Å²) < 4.78 is 34.1. The number of thioether (sulfide) groups is 1. The molecule has 0 spiro atoms. The predicted molar refractivity (Wildman–Crippen MR) is 99.4 cm³/mol. The maximum absolute atomic E-state index is 14.6. The Balaban J connectivity index is 1.96. The van der Waals surface area contributed by atoms with Crippen molar-refractivity contribution in [1.29, 1.82) is 0 Å². The largest absolute Gasteiger partial charge is 0.444 e. The number of halogens is 2. The molecule has 8 heteroatoms. The fourth-order valence-electron chi connectivity index (χ4n) is 3.55. The van der Waals surface area contributed by atoms with Crippen LogP contribution in [-0.4, -0.2) is 28.8 Å². The van der Waals surface area contributed by atoms with Gasteiger partial charge in [0.2, 0.25) is 0 Å². The lowest BCUT2D eigenvalue weighted by atomic mass is 9.81. The van der Waals surface area contributed by atoms with Crippen LogP contribution in [0.2, 0.25) is 0 Å². The van der Waals surface area contributed by atoms with Crippen LogP contribution in [-0.2, 0) is 10.3 Å². The highest BCUT2D eigenvalue weighted by molar-refractivity contribution is 8.13. The lowest BCUT2D eigenvalue weighted by Crippen LogP contribution is -2.42. The molecule has 0 aromatic heterocycles. The summed E-state index contributed by atoms with van der Waals surface area (Å²) in [6, 6.07) is 4.26. The molecule has 26 heavy (non-hydrogen) atoms. The van der Waals surface area contributed by atoms with Crippen LogP contribution in [0.3, 0.4) is 0 Å². The number of nitrogens with zero attached hydrogens (tertiary/aromatic N) is 1. The Morgan fingerprint density at radius 2 is 2.19 bits per heavy atom. The highest BCUT2D eigenvalue weighted by Crippen LogP contribution is 2.52. The molecule has 1 aliphatic heterocycles. The van der Waals surface area contributed by atoms with Gasteiger partial charge in [-0.05, 0) is 45.4 Å². The van der Waals surface area contributed by atoms with Crippen molar-refractivity contribution in [1.82, 2.24) is 5.32 Å². The van der Waals surface area contributed by atoms with Crippen molar-refractivity contribution in [3.63, 3.8) is 0 Å². The lowest BCUT2D eigenvalue weighted by molar-refractivity contribution is 0.0564. The number of amides is 1. The molecule has 5 nitrogen and oxygen atoms in total. The Bertz CT molecular complexity index is 750. The van der Waals surface area contributed by atoms with Crippen LogP contribution in [0.5, 0.6) is 0 Å². The number of alkyl halides is 1. The number of anilines is 1. The lowest BCUT2D eigenvalue weighted by Gasteiger charge is -2.36. The number of nitrogens with one attached hydrogen (secondary N) is 1. The van der Waals surface area contributed by atoms with Crippen LogP contribution < -0.4 is 11.1 Å². The Labute approximate surface area is 155 Å². The van der Waals surface area contributed by atoms with Gasteiger partial charge in [-0.25, -0.2) is 13.6 Å². The van der Waals surface area contributed by atoms with E-state index in [1.807, 2.05) is 0 Å². The van der Waals surface area contributed by atoms with Crippen LogP contribution in [0.4, 0.5) is 19.3 Å². The quantitative estimate of drug-likeness (QED) is 0.719.